The molecule has 29 heavy (non-hydrogen) atoms. The van der Waals surface area contributed by atoms with Crippen LogP contribution < -0.4 is 4.74 Å². The summed E-state index contributed by atoms with van der Waals surface area (Å²) in [6, 6.07) is 18.0. The molecule has 1 aromatic heterocycles. The molecule has 0 radical (unpaired) electrons. The largest absolute Gasteiger partial charge is 0.487 e. The third-order valence-electron chi connectivity index (χ3n) is 4.59. The van der Waals surface area contributed by atoms with Crippen molar-refractivity contribution in [1.82, 2.24) is 4.98 Å². The fourth-order valence-corrected chi connectivity index (χ4v) is 3.05. The van der Waals surface area contributed by atoms with Crippen molar-refractivity contribution in [3.8, 4) is 17.2 Å². The minimum Gasteiger partial charge on any atom is -0.487 e. The Morgan fingerprint density at radius 2 is 1.72 bits per heavy atom. The number of hydrogen-bond donors (Lipinski definition) is 0. The molecule has 2 aromatic carbocycles. The topological polar surface area (TPSA) is 53.7 Å². The highest BCUT2D eigenvalue weighted by Gasteiger charge is 2.13. The molecule has 3 rings (SSSR count). The lowest BCUT2D eigenvalue weighted by Gasteiger charge is -2.17. The van der Waals surface area contributed by atoms with E-state index in [4.69, 9.17) is 18.6 Å². The second-order valence-electron chi connectivity index (χ2n) is 6.76. The Hall–Kier alpha value is -2.63. The van der Waals surface area contributed by atoms with Crippen LogP contribution in [0.2, 0.25) is 0 Å². The van der Waals surface area contributed by atoms with Gasteiger partial charge in [-0.25, -0.2) is 4.98 Å². The number of aromatic nitrogens is 1. The van der Waals surface area contributed by atoms with Crippen LogP contribution in [0.15, 0.2) is 59.0 Å². The first-order valence-electron chi connectivity index (χ1n) is 10.1. The van der Waals surface area contributed by atoms with Crippen LogP contribution in [-0.4, -0.2) is 30.9 Å². The molecule has 3 aromatic rings. The molecule has 5 heteroatoms. The number of rotatable bonds is 11. The summed E-state index contributed by atoms with van der Waals surface area (Å²) in [4.78, 5) is 4.58. The van der Waals surface area contributed by atoms with Gasteiger partial charge in [0.25, 0.3) is 0 Å². The Labute approximate surface area is 172 Å². The summed E-state index contributed by atoms with van der Waals surface area (Å²) < 4.78 is 23.0. The molecule has 0 unspecified atom stereocenters. The molecule has 0 aliphatic rings. The molecule has 0 spiro atoms. The second-order valence-corrected chi connectivity index (χ2v) is 6.76. The molecule has 0 aliphatic carbocycles. The van der Waals surface area contributed by atoms with Crippen LogP contribution in [0.1, 0.15) is 30.9 Å². The highest BCUT2D eigenvalue weighted by atomic mass is 16.5. The zero-order valence-corrected chi connectivity index (χ0v) is 17.4. The van der Waals surface area contributed by atoms with Crippen molar-refractivity contribution in [2.24, 2.45) is 0 Å². The van der Waals surface area contributed by atoms with Gasteiger partial charge < -0.3 is 18.6 Å². The van der Waals surface area contributed by atoms with Gasteiger partial charge in [-0.1, -0.05) is 30.3 Å². The van der Waals surface area contributed by atoms with Crippen LogP contribution in [0, 0.1) is 6.92 Å². The van der Waals surface area contributed by atoms with E-state index in [0.29, 0.717) is 32.3 Å². The number of nitrogens with zero attached hydrogens (tertiary/aromatic N) is 1. The molecule has 1 atom stereocenters. The molecule has 0 amide bonds. The average Bonchev–Trinajstić information content (AvgIpc) is 3.13. The Balaban J connectivity index is 1.57. The maximum absolute atomic E-state index is 5.92. The van der Waals surface area contributed by atoms with Crippen LogP contribution >= 0.6 is 0 Å². The van der Waals surface area contributed by atoms with E-state index >= 15 is 0 Å². The summed E-state index contributed by atoms with van der Waals surface area (Å²) in [5.74, 6) is 2.19. The van der Waals surface area contributed by atoms with E-state index in [-0.39, 0.29) is 6.10 Å². The Morgan fingerprint density at radius 1 is 0.966 bits per heavy atom. The average molecular weight is 395 g/mol. The van der Waals surface area contributed by atoms with Gasteiger partial charge in [-0.15, -0.1) is 0 Å². The molecule has 0 N–H and O–H groups in total. The van der Waals surface area contributed by atoms with E-state index in [2.05, 4.69) is 17.1 Å². The fraction of sp³-hybridized carbons (Fsp3) is 0.375. The van der Waals surface area contributed by atoms with E-state index in [1.165, 1.54) is 5.56 Å². The van der Waals surface area contributed by atoms with Crippen molar-refractivity contribution < 1.29 is 18.6 Å². The number of ether oxygens (including phenoxy) is 3. The van der Waals surface area contributed by atoms with Gasteiger partial charge in [0.2, 0.25) is 5.89 Å². The Morgan fingerprint density at radius 3 is 2.41 bits per heavy atom. The van der Waals surface area contributed by atoms with Crippen LogP contribution in [0.25, 0.3) is 11.5 Å². The van der Waals surface area contributed by atoms with Gasteiger partial charge in [0.1, 0.15) is 23.8 Å². The van der Waals surface area contributed by atoms with Gasteiger partial charge in [0, 0.05) is 25.2 Å². The van der Waals surface area contributed by atoms with E-state index in [0.717, 1.165) is 29.2 Å². The van der Waals surface area contributed by atoms with Gasteiger partial charge in [0.05, 0.1) is 12.7 Å². The van der Waals surface area contributed by atoms with E-state index < -0.39 is 0 Å². The predicted octanol–water partition coefficient (Wildman–Crippen LogP) is 5.21. The smallest absolute Gasteiger partial charge is 0.226 e. The number of benzene rings is 2. The minimum absolute atomic E-state index is 0.0703. The highest BCUT2D eigenvalue weighted by molar-refractivity contribution is 5.53. The number of hydrogen-bond acceptors (Lipinski definition) is 5. The SMILES string of the molecule is CCOC[C@@H](Cc1ccc(OCc2nc(-c3ccccc3)oc2C)cc1)OCC. The summed E-state index contributed by atoms with van der Waals surface area (Å²) in [6.07, 6.45) is 0.887. The summed E-state index contributed by atoms with van der Waals surface area (Å²) >= 11 is 0. The summed E-state index contributed by atoms with van der Waals surface area (Å²) in [5.41, 5.74) is 2.96. The van der Waals surface area contributed by atoms with Crippen molar-refractivity contribution in [2.45, 2.75) is 39.9 Å². The summed E-state index contributed by atoms with van der Waals surface area (Å²) in [6.45, 7) is 8.27. The molecule has 0 saturated heterocycles. The minimum atomic E-state index is 0.0703. The van der Waals surface area contributed by atoms with E-state index in [1.807, 2.05) is 63.2 Å². The molecule has 0 bridgehead atoms. The van der Waals surface area contributed by atoms with Crippen molar-refractivity contribution in [3.63, 3.8) is 0 Å². The monoisotopic (exact) mass is 395 g/mol. The summed E-state index contributed by atoms with van der Waals surface area (Å²) in [5, 5.41) is 0. The van der Waals surface area contributed by atoms with Crippen LogP contribution in [0.3, 0.4) is 0 Å². The van der Waals surface area contributed by atoms with Crippen molar-refractivity contribution >= 4 is 0 Å². The summed E-state index contributed by atoms with van der Waals surface area (Å²) in [7, 11) is 0. The zero-order valence-electron chi connectivity index (χ0n) is 17.4. The van der Waals surface area contributed by atoms with Gasteiger partial charge in [-0.3, -0.25) is 0 Å². The third-order valence-corrected chi connectivity index (χ3v) is 4.59. The predicted molar refractivity (Wildman–Crippen MR) is 113 cm³/mol. The lowest BCUT2D eigenvalue weighted by atomic mass is 10.1. The van der Waals surface area contributed by atoms with Crippen LogP contribution in [0.5, 0.6) is 5.75 Å². The first-order valence-corrected chi connectivity index (χ1v) is 10.1. The lowest BCUT2D eigenvalue weighted by molar-refractivity contribution is -0.00769. The molecule has 0 saturated carbocycles. The van der Waals surface area contributed by atoms with Gasteiger partial charge in [-0.2, -0.15) is 0 Å². The molecule has 154 valence electrons. The standard InChI is InChI=1S/C24H29NO4/c1-4-26-16-22(27-5-2)15-19-11-13-21(14-12-19)28-17-23-18(3)29-24(25-23)20-9-7-6-8-10-20/h6-14,22H,4-5,15-17H2,1-3H3/t22-/m1/s1. The fourth-order valence-electron chi connectivity index (χ4n) is 3.05. The van der Waals surface area contributed by atoms with Gasteiger partial charge in [0.15, 0.2) is 0 Å². The first-order chi connectivity index (χ1) is 14.2. The van der Waals surface area contributed by atoms with Crippen molar-refractivity contribution in [2.75, 3.05) is 19.8 Å². The van der Waals surface area contributed by atoms with Gasteiger partial charge >= 0.3 is 0 Å². The zero-order chi connectivity index (χ0) is 20.5. The molecule has 5 nitrogen and oxygen atoms in total. The lowest BCUT2D eigenvalue weighted by Crippen LogP contribution is -2.22. The van der Waals surface area contributed by atoms with Crippen molar-refractivity contribution in [1.29, 1.82) is 0 Å². The van der Waals surface area contributed by atoms with E-state index in [9.17, 15) is 0 Å². The molecular weight excluding hydrogens is 366 g/mol. The quantitative estimate of drug-likeness (QED) is 0.446. The molecular formula is C24H29NO4. The molecule has 0 fully saturated rings. The maximum Gasteiger partial charge on any atom is 0.226 e. The normalized spacial score (nSPS) is 12.1. The molecule has 0 aliphatic heterocycles. The van der Waals surface area contributed by atoms with Crippen molar-refractivity contribution in [3.05, 3.63) is 71.6 Å². The first kappa shape index (κ1) is 21.1. The molecule has 1 heterocycles. The second kappa shape index (κ2) is 10.8. The highest BCUT2D eigenvalue weighted by Crippen LogP contribution is 2.23. The van der Waals surface area contributed by atoms with Crippen LogP contribution in [0.4, 0.5) is 0 Å². The maximum atomic E-state index is 5.92. The van der Waals surface area contributed by atoms with Gasteiger partial charge in [-0.05, 0) is 50.6 Å². The van der Waals surface area contributed by atoms with Crippen LogP contribution in [-0.2, 0) is 22.5 Å². The Kier molecular flexibility index (Phi) is 7.85. The van der Waals surface area contributed by atoms with E-state index in [1.54, 1.807) is 0 Å². The Bertz CT molecular complexity index is 858. The number of oxazole rings is 1. The third kappa shape index (κ3) is 6.17. The number of aryl methyl sites for hydroxylation is 1.